The van der Waals surface area contributed by atoms with Crippen molar-refractivity contribution >= 4 is 49.7 Å². The van der Waals surface area contributed by atoms with Gasteiger partial charge in [0.2, 0.25) is 0 Å². The fourth-order valence-corrected chi connectivity index (χ4v) is 5.09. The van der Waals surface area contributed by atoms with Crippen molar-refractivity contribution in [2.75, 3.05) is 18.4 Å². The standard InChI is InChI=1S/C27H22N4OS/c32-27(31-13-1-2-14-31)19-5-3-18(4-6-19)20-7-9-22-23(11-12-28-24(22)15-20)30-21-8-10-26-25(16-21)29-17-33-26/h3-12,15-17H,1-2,13-14H2,(H,28,30). The molecule has 1 saturated heterocycles. The third kappa shape index (κ3) is 3.83. The van der Waals surface area contributed by atoms with Crippen molar-refractivity contribution in [3.05, 3.63) is 84.0 Å². The lowest BCUT2D eigenvalue weighted by Gasteiger charge is -2.15. The summed E-state index contributed by atoms with van der Waals surface area (Å²) in [6.07, 6.45) is 4.03. The maximum Gasteiger partial charge on any atom is 0.253 e. The summed E-state index contributed by atoms with van der Waals surface area (Å²) in [5.41, 5.74) is 8.70. The number of hydrogen-bond donors (Lipinski definition) is 1. The van der Waals surface area contributed by atoms with Crippen LogP contribution in [0.5, 0.6) is 0 Å². The van der Waals surface area contributed by atoms with Gasteiger partial charge in [-0.05, 0) is 66.4 Å². The number of aromatic nitrogens is 2. The lowest BCUT2D eigenvalue weighted by atomic mass is 10.0. The van der Waals surface area contributed by atoms with Gasteiger partial charge in [-0.1, -0.05) is 24.3 Å². The van der Waals surface area contributed by atoms with E-state index >= 15 is 0 Å². The Morgan fingerprint density at radius 3 is 2.52 bits per heavy atom. The molecule has 1 amide bonds. The molecule has 5 aromatic rings. The van der Waals surface area contributed by atoms with Crippen LogP contribution in [-0.2, 0) is 0 Å². The largest absolute Gasteiger partial charge is 0.355 e. The van der Waals surface area contributed by atoms with Crippen LogP contribution < -0.4 is 5.32 Å². The van der Waals surface area contributed by atoms with Crippen molar-refractivity contribution < 1.29 is 4.79 Å². The van der Waals surface area contributed by atoms with Crippen LogP contribution in [-0.4, -0.2) is 33.9 Å². The first kappa shape index (κ1) is 19.9. The maximum absolute atomic E-state index is 12.6. The average molecular weight is 451 g/mol. The maximum atomic E-state index is 12.6. The van der Waals surface area contributed by atoms with Crippen LogP contribution in [0.15, 0.2) is 78.4 Å². The molecule has 0 bridgehead atoms. The van der Waals surface area contributed by atoms with Crippen LogP contribution in [0.25, 0.3) is 32.2 Å². The molecule has 0 aliphatic carbocycles. The van der Waals surface area contributed by atoms with Crippen LogP contribution in [0.4, 0.5) is 11.4 Å². The van der Waals surface area contributed by atoms with E-state index in [1.54, 1.807) is 11.3 Å². The number of carbonyl (C=O) groups excluding carboxylic acids is 1. The molecule has 1 N–H and O–H groups in total. The predicted molar refractivity (Wildman–Crippen MR) is 135 cm³/mol. The van der Waals surface area contributed by atoms with Crippen molar-refractivity contribution in [1.82, 2.24) is 14.9 Å². The number of hydrogen-bond acceptors (Lipinski definition) is 5. The molecule has 0 saturated carbocycles. The van der Waals surface area contributed by atoms with E-state index in [1.165, 1.54) is 4.70 Å². The van der Waals surface area contributed by atoms with Gasteiger partial charge in [-0.15, -0.1) is 11.3 Å². The van der Waals surface area contributed by atoms with Gasteiger partial charge < -0.3 is 10.2 Å². The number of nitrogens with zero attached hydrogens (tertiary/aromatic N) is 3. The molecule has 162 valence electrons. The monoisotopic (exact) mass is 450 g/mol. The van der Waals surface area contributed by atoms with E-state index in [0.29, 0.717) is 0 Å². The minimum Gasteiger partial charge on any atom is -0.355 e. The third-order valence-corrected chi connectivity index (χ3v) is 7.02. The number of likely N-dealkylation sites (tertiary alicyclic amines) is 1. The summed E-state index contributed by atoms with van der Waals surface area (Å²) in [5.74, 6) is 0.130. The second-order valence-corrected chi connectivity index (χ2v) is 9.21. The molecule has 1 aliphatic heterocycles. The van der Waals surface area contributed by atoms with Gasteiger partial charge in [-0.3, -0.25) is 9.78 Å². The second-order valence-electron chi connectivity index (χ2n) is 8.33. The molecule has 3 heterocycles. The highest BCUT2D eigenvalue weighted by molar-refractivity contribution is 7.16. The number of anilines is 2. The zero-order valence-corrected chi connectivity index (χ0v) is 18.8. The van der Waals surface area contributed by atoms with Gasteiger partial charge in [0.1, 0.15) is 0 Å². The Labute approximate surface area is 195 Å². The van der Waals surface area contributed by atoms with E-state index in [2.05, 4.69) is 51.7 Å². The average Bonchev–Trinajstić information content (AvgIpc) is 3.56. The number of pyridine rings is 1. The first-order valence-corrected chi connectivity index (χ1v) is 12.0. The van der Waals surface area contributed by atoms with Gasteiger partial charge in [0.25, 0.3) is 5.91 Å². The smallest absolute Gasteiger partial charge is 0.253 e. The van der Waals surface area contributed by atoms with Gasteiger partial charge in [0, 0.05) is 41.6 Å². The van der Waals surface area contributed by atoms with Crippen LogP contribution >= 0.6 is 11.3 Å². The van der Waals surface area contributed by atoms with Crippen LogP contribution in [0.3, 0.4) is 0 Å². The lowest BCUT2D eigenvalue weighted by molar-refractivity contribution is 0.0793. The number of thiazole rings is 1. The van der Waals surface area contributed by atoms with Crippen molar-refractivity contribution in [2.45, 2.75) is 12.8 Å². The molecular formula is C27H22N4OS. The topological polar surface area (TPSA) is 58.1 Å². The van der Waals surface area contributed by atoms with E-state index in [0.717, 1.165) is 70.4 Å². The molecule has 3 aromatic carbocycles. The molecule has 1 fully saturated rings. The minimum atomic E-state index is 0.130. The van der Waals surface area contributed by atoms with Crippen LogP contribution in [0.1, 0.15) is 23.2 Å². The Bertz CT molecular complexity index is 1470. The zero-order chi connectivity index (χ0) is 22.2. The van der Waals surface area contributed by atoms with Crippen LogP contribution in [0.2, 0.25) is 0 Å². The Balaban J connectivity index is 1.27. The van der Waals surface area contributed by atoms with Gasteiger partial charge >= 0.3 is 0 Å². The first-order valence-electron chi connectivity index (χ1n) is 11.1. The van der Waals surface area contributed by atoms with E-state index in [1.807, 2.05) is 46.9 Å². The number of benzene rings is 3. The lowest BCUT2D eigenvalue weighted by Crippen LogP contribution is -2.27. The van der Waals surface area contributed by atoms with Crippen molar-refractivity contribution in [3.63, 3.8) is 0 Å². The fourth-order valence-electron chi connectivity index (χ4n) is 4.44. The Kier molecular flexibility index (Phi) is 5.00. The van der Waals surface area contributed by atoms with Gasteiger partial charge in [0.15, 0.2) is 0 Å². The molecule has 33 heavy (non-hydrogen) atoms. The molecule has 0 atom stereocenters. The minimum absolute atomic E-state index is 0.130. The molecule has 0 spiro atoms. The first-order chi connectivity index (χ1) is 16.2. The molecule has 0 unspecified atom stereocenters. The molecule has 5 nitrogen and oxygen atoms in total. The van der Waals surface area contributed by atoms with E-state index in [4.69, 9.17) is 0 Å². The zero-order valence-electron chi connectivity index (χ0n) is 18.0. The van der Waals surface area contributed by atoms with Gasteiger partial charge in [-0.2, -0.15) is 0 Å². The number of fused-ring (bicyclic) bond motifs is 2. The molecule has 6 rings (SSSR count). The van der Waals surface area contributed by atoms with Crippen molar-refractivity contribution in [3.8, 4) is 11.1 Å². The Hall–Kier alpha value is -3.77. The third-order valence-electron chi connectivity index (χ3n) is 6.21. The Morgan fingerprint density at radius 1 is 0.848 bits per heavy atom. The second kappa shape index (κ2) is 8.30. The number of nitrogens with one attached hydrogen (secondary N) is 1. The summed E-state index contributed by atoms with van der Waals surface area (Å²) in [4.78, 5) is 23.6. The number of carbonyl (C=O) groups is 1. The van der Waals surface area contributed by atoms with E-state index in [9.17, 15) is 4.79 Å². The SMILES string of the molecule is O=C(c1ccc(-c2ccc3c(Nc4ccc5scnc5c4)ccnc3c2)cc1)N1CCCC1. The molecule has 0 radical (unpaired) electrons. The fraction of sp³-hybridized carbons (Fsp3) is 0.148. The summed E-state index contributed by atoms with van der Waals surface area (Å²) in [6, 6.07) is 22.4. The normalized spacial score (nSPS) is 13.6. The molecular weight excluding hydrogens is 428 g/mol. The molecule has 1 aliphatic rings. The summed E-state index contributed by atoms with van der Waals surface area (Å²) in [6.45, 7) is 1.73. The Morgan fingerprint density at radius 2 is 1.67 bits per heavy atom. The number of amides is 1. The van der Waals surface area contributed by atoms with Crippen molar-refractivity contribution in [1.29, 1.82) is 0 Å². The van der Waals surface area contributed by atoms with E-state index in [-0.39, 0.29) is 5.91 Å². The number of rotatable bonds is 4. The predicted octanol–water partition coefficient (Wildman–Crippen LogP) is 6.49. The van der Waals surface area contributed by atoms with Crippen LogP contribution in [0, 0.1) is 0 Å². The highest BCUT2D eigenvalue weighted by atomic mass is 32.1. The highest BCUT2D eigenvalue weighted by Crippen LogP contribution is 2.31. The summed E-state index contributed by atoms with van der Waals surface area (Å²) in [5, 5.41) is 4.57. The van der Waals surface area contributed by atoms with Gasteiger partial charge in [0.05, 0.1) is 21.2 Å². The summed E-state index contributed by atoms with van der Waals surface area (Å²) in [7, 11) is 0. The molecule has 6 heteroatoms. The van der Waals surface area contributed by atoms with E-state index < -0.39 is 0 Å². The quantitative estimate of drug-likeness (QED) is 0.340. The summed E-state index contributed by atoms with van der Waals surface area (Å²) < 4.78 is 1.18. The van der Waals surface area contributed by atoms with Gasteiger partial charge in [-0.25, -0.2) is 4.98 Å². The van der Waals surface area contributed by atoms with Crippen molar-refractivity contribution in [2.24, 2.45) is 0 Å². The highest BCUT2D eigenvalue weighted by Gasteiger charge is 2.19. The summed E-state index contributed by atoms with van der Waals surface area (Å²) >= 11 is 1.64. The molecule has 2 aromatic heterocycles.